The number of ether oxygens (including phenoxy) is 2. The number of hydrogen-bond acceptors (Lipinski definition) is 2. The summed E-state index contributed by atoms with van der Waals surface area (Å²) >= 11 is 0. The van der Waals surface area contributed by atoms with E-state index < -0.39 is 0 Å². The van der Waals surface area contributed by atoms with Gasteiger partial charge in [-0.25, -0.2) is 0 Å². The van der Waals surface area contributed by atoms with E-state index >= 15 is 0 Å². The van der Waals surface area contributed by atoms with Gasteiger partial charge in [0.15, 0.2) is 0 Å². The van der Waals surface area contributed by atoms with Gasteiger partial charge in [0, 0.05) is 7.11 Å². The summed E-state index contributed by atoms with van der Waals surface area (Å²) in [5, 5.41) is 0. The Bertz CT molecular complexity index is 54.9. The average Bonchev–Trinajstić information content (AvgIpc) is 1.89. The highest BCUT2D eigenvalue weighted by atomic mass is 16.5. The lowest BCUT2D eigenvalue weighted by Crippen LogP contribution is -2.10. The Kier molecular flexibility index (Phi) is 5.99. The second-order valence-electron chi connectivity index (χ2n) is 2.08. The van der Waals surface area contributed by atoms with Gasteiger partial charge in [-0.1, -0.05) is 6.92 Å². The Morgan fingerprint density at radius 2 is 2.00 bits per heavy atom. The zero-order chi connectivity index (χ0) is 7.11. The number of rotatable bonds is 5. The Labute approximate surface area is 57.2 Å². The normalized spacial score (nSPS) is 13.7. The first-order chi connectivity index (χ1) is 4.31. The van der Waals surface area contributed by atoms with Crippen LogP contribution in [0.15, 0.2) is 0 Å². The van der Waals surface area contributed by atoms with Crippen LogP contribution >= 0.6 is 0 Å². The summed E-state index contributed by atoms with van der Waals surface area (Å²) in [5.74, 6) is 0. The Morgan fingerprint density at radius 3 is 2.44 bits per heavy atom. The van der Waals surface area contributed by atoms with Crippen molar-refractivity contribution in [3.05, 3.63) is 0 Å². The molecule has 0 fully saturated rings. The summed E-state index contributed by atoms with van der Waals surface area (Å²) < 4.78 is 10.1. The topological polar surface area (TPSA) is 18.5 Å². The largest absolute Gasteiger partial charge is 0.382 e. The van der Waals surface area contributed by atoms with Crippen LogP contribution < -0.4 is 0 Å². The fourth-order valence-corrected chi connectivity index (χ4v) is 0.450. The average molecular weight is 132 g/mol. The van der Waals surface area contributed by atoms with Gasteiger partial charge in [-0.05, 0) is 13.3 Å². The van der Waals surface area contributed by atoms with Gasteiger partial charge in [-0.15, -0.1) is 0 Å². The van der Waals surface area contributed by atoms with Gasteiger partial charge in [-0.2, -0.15) is 0 Å². The predicted molar refractivity (Wildman–Crippen MR) is 37.6 cm³/mol. The van der Waals surface area contributed by atoms with Crippen LogP contribution in [0.3, 0.4) is 0 Å². The van der Waals surface area contributed by atoms with Gasteiger partial charge in [-0.3, -0.25) is 0 Å². The first-order valence-corrected chi connectivity index (χ1v) is 3.41. The molecule has 0 aromatic rings. The minimum Gasteiger partial charge on any atom is -0.382 e. The maximum atomic E-state index is 5.31. The van der Waals surface area contributed by atoms with Crippen molar-refractivity contribution < 1.29 is 9.47 Å². The molecule has 0 saturated carbocycles. The number of hydrogen-bond donors (Lipinski definition) is 0. The maximum absolute atomic E-state index is 5.31. The van der Waals surface area contributed by atoms with Gasteiger partial charge in [0.2, 0.25) is 0 Å². The van der Waals surface area contributed by atoms with E-state index in [9.17, 15) is 0 Å². The third kappa shape index (κ3) is 5.80. The highest BCUT2D eigenvalue weighted by Gasteiger charge is 1.95. The minimum absolute atomic E-state index is 0.375. The van der Waals surface area contributed by atoms with Crippen molar-refractivity contribution in [1.82, 2.24) is 0 Å². The van der Waals surface area contributed by atoms with Crippen LogP contribution in [-0.2, 0) is 9.47 Å². The van der Waals surface area contributed by atoms with Crippen LogP contribution in [0.5, 0.6) is 0 Å². The van der Waals surface area contributed by atoms with Crippen molar-refractivity contribution in [2.24, 2.45) is 0 Å². The van der Waals surface area contributed by atoms with E-state index in [-0.39, 0.29) is 0 Å². The smallest absolute Gasteiger partial charge is 0.0703 e. The highest BCUT2D eigenvalue weighted by molar-refractivity contribution is 4.42. The van der Waals surface area contributed by atoms with Gasteiger partial charge in [0.05, 0.1) is 19.3 Å². The van der Waals surface area contributed by atoms with E-state index in [0.717, 1.165) is 6.42 Å². The SMILES string of the molecule is CC[C@H](C)OCCOC. The highest BCUT2D eigenvalue weighted by Crippen LogP contribution is 1.93. The summed E-state index contributed by atoms with van der Waals surface area (Å²) in [6, 6.07) is 0. The molecule has 0 aromatic heterocycles. The lowest BCUT2D eigenvalue weighted by atomic mass is 10.3. The van der Waals surface area contributed by atoms with Crippen LogP contribution in [0.25, 0.3) is 0 Å². The van der Waals surface area contributed by atoms with Crippen LogP contribution in [0.1, 0.15) is 20.3 Å². The van der Waals surface area contributed by atoms with Gasteiger partial charge in [0.25, 0.3) is 0 Å². The molecule has 1 atom stereocenters. The third-order valence-corrected chi connectivity index (χ3v) is 1.26. The zero-order valence-electron chi connectivity index (χ0n) is 6.52. The summed E-state index contributed by atoms with van der Waals surface area (Å²) in [4.78, 5) is 0. The molecule has 0 amide bonds. The van der Waals surface area contributed by atoms with E-state index in [1.165, 1.54) is 0 Å². The van der Waals surface area contributed by atoms with Crippen LogP contribution in [0.2, 0.25) is 0 Å². The molecular weight excluding hydrogens is 116 g/mol. The lowest BCUT2D eigenvalue weighted by molar-refractivity contribution is 0.0248. The summed E-state index contributed by atoms with van der Waals surface area (Å²) in [5.41, 5.74) is 0. The Balaban J connectivity index is 2.88. The van der Waals surface area contributed by atoms with Crippen LogP contribution in [-0.4, -0.2) is 26.4 Å². The summed E-state index contributed by atoms with van der Waals surface area (Å²) in [6.45, 7) is 5.59. The number of methoxy groups -OCH3 is 1. The summed E-state index contributed by atoms with van der Waals surface area (Å²) in [6.07, 6.45) is 1.45. The zero-order valence-corrected chi connectivity index (χ0v) is 6.52. The molecule has 0 N–H and O–H groups in total. The van der Waals surface area contributed by atoms with Crippen molar-refractivity contribution in [3.63, 3.8) is 0 Å². The van der Waals surface area contributed by atoms with E-state index in [1.54, 1.807) is 7.11 Å². The van der Waals surface area contributed by atoms with Gasteiger partial charge in [0.1, 0.15) is 0 Å². The Hall–Kier alpha value is -0.0800. The quantitative estimate of drug-likeness (QED) is 0.527. The van der Waals surface area contributed by atoms with Crippen molar-refractivity contribution >= 4 is 0 Å². The maximum Gasteiger partial charge on any atom is 0.0703 e. The molecule has 0 spiro atoms. The van der Waals surface area contributed by atoms with E-state index in [1.807, 2.05) is 0 Å². The molecule has 0 radical (unpaired) electrons. The van der Waals surface area contributed by atoms with E-state index in [0.29, 0.717) is 19.3 Å². The minimum atomic E-state index is 0.375. The Morgan fingerprint density at radius 1 is 1.33 bits per heavy atom. The van der Waals surface area contributed by atoms with Crippen molar-refractivity contribution in [3.8, 4) is 0 Å². The summed E-state index contributed by atoms with van der Waals surface area (Å²) in [7, 11) is 1.68. The molecule has 0 aliphatic carbocycles. The fraction of sp³-hybridized carbons (Fsp3) is 1.00. The van der Waals surface area contributed by atoms with Crippen LogP contribution in [0.4, 0.5) is 0 Å². The third-order valence-electron chi connectivity index (χ3n) is 1.26. The van der Waals surface area contributed by atoms with E-state index in [2.05, 4.69) is 13.8 Å². The van der Waals surface area contributed by atoms with Crippen LogP contribution in [0, 0.1) is 0 Å². The predicted octanol–water partition coefficient (Wildman–Crippen LogP) is 1.45. The first kappa shape index (κ1) is 8.92. The van der Waals surface area contributed by atoms with Crippen molar-refractivity contribution in [1.29, 1.82) is 0 Å². The fourth-order valence-electron chi connectivity index (χ4n) is 0.450. The molecule has 2 nitrogen and oxygen atoms in total. The molecule has 56 valence electrons. The van der Waals surface area contributed by atoms with Crippen molar-refractivity contribution in [2.75, 3.05) is 20.3 Å². The van der Waals surface area contributed by atoms with E-state index in [4.69, 9.17) is 9.47 Å². The molecule has 9 heavy (non-hydrogen) atoms. The molecule has 0 rings (SSSR count). The monoisotopic (exact) mass is 132 g/mol. The standard InChI is InChI=1S/C7H16O2/c1-4-7(2)9-6-5-8-3/h7H,4-6H2,1-3H3/t7-/m0/s1. The molecule has 0 heterocycles. The second kappa shape index (κ2) is 6.05. The molecule has 0 saturated heterocycles. The second-order valence-corrected chi connectivity index (χ2v) is 2.08. The molecule has 0 bridgehead atoms. The molecule has 0 aromatic carbocycles. The molecule has 0 unspecified atom stereocenters. The molecule has 0 aliphatic heterocycles. The van der Waals surface area contributed by atoms with Gasteiger partial charge < -0.3 is 9.47 Å². The molecular formula is C7H16O2. The molecule has 0 aliphatic rings. The first-order valence-electron chi connectivity index (χ1n) is 3.41. The van der Waals surface area contributed by atoms with Gasteiger partial charge >= 0.3 is 0 Å². The lowest BCUT2D eigenvalue weighted by Gasteiger charge is -2.08. The molecule has 2 heteroatoms. The van der Waals surface area contributed by atoms with Crippen molar-refractivity contribution in [2.45, 2.75) is 26.4 Å².